The number of para-hydroxylation sites is 3. The van der Waals surface area contributed by atoms with Crippen LogP contribution in [0.4, 0.5) is 0 Å². The summed E-state index contributed by atoms with van der Waals surface area (Å²) in [5.41, 5.74) is 6.12. The van der Waals surface area contributed by atoms with E-state index in [1.54, 1.807) is 0 Å². The SMILES string of the molecule is c1ccc(-n2c3ccccc3c3cnc4c(ccc5c6ccccc6oc54)c32)cc1. The third kappa shape index (κ3) is 1.96. The number of fused-ring (bicyclic) bond motifs is 9. The lowest BCUT2D eigenvalue weighted by Gasteiger charge is -2.09. The molecule has 3 nitrogen and oxygen atoms in total. The van der Waals surface area contributed by atoms with Crippen LogP contribution in [0.2, 0.25) is 0 Å². The second-order valence-electron chi connectivity index (χ2n) is 7.65. The summed E-state index contributed by atoms with van der Waals surface area (Å²) in [7, 11) is 0. The first kappa shape index (κ1) is 15.8. The number of hydrogen-bond acceptors (Lipinski definition) is 2. The van der Waals surface area contributed by atoms with Gasteiger partial charge in [0, 0.05) is 38.8 Å². The Kier molecular flexibility index (Phi) is 3.00. The molecule has 0 aliphatic rings. The Morgan fingerprint density at radius 2 is 1.33 bits per heavy atom. The van der Waals surface area contributed by atoms with Crippen molar-refractivity contribution < 1.29 is 4.42 Å². The van der Waals surface area contributed by atoms with E-state index in [0.29, 0.717) is 0 Å². The first-order chi connectivity index (χ1) is 14.9. The molecule has 0 atom stereocenters. The van der Waals surface area contributed by atoms with E-state index in [1.165, 1.54) is 10.9 Å². The van der Waals surface area contributed by atoms with Crippen molar-refractivity contribution in [3.05, 3.63) is 97.2 Å². The number of hydrogen-bond donors (Lipinski definition) is 0. The maximum Gasteiger partial charge on any atom is 0.161 e. The van der Waals surface area contributed by atoms with E-state index in [4.69, 9.17) is 9.40 Å². The summed E-state index contributed by atoms with van der Waals surface area (Å²) in [5, 5.41) is 5.68. The van der Waals surface area contributed by atoms with Gasteiger partial charge in [0.05, 0.1) is 11.0 Å². The van der Waals surface area contributed by atoms with E-state index < -0.39 is 0 Å². The number of aromatic nitrogens is 2. The molecule has 4 aromatic carbocycles. The summed E-state index contributed by atoms with van der Waals surface area (Å²) < 4.78 is 8.60. The van der Waals surface area contributed by atoms with Gasteiger partial charge in [0.2, 0.25) is 0 Å². The average Bonchev–Trinajstić information content (AvgIpc) is 3.36. The first-order valence-electron chi connectivity index (χ1n) is 10.1. The molecule has 0 fully saturated rings. The molecule has 3 heteroatoms. The van der Waals surface area contributed by atoms with Gasteiger partial charge < -0.3 is 8.98 Å². The van der Waals surface area contributed by atoms with Gasteiger partial charge in [0.1, 0.15) is 11.1 Å². The van der Waals surface area contributed by atoms with Crippen LogP contribution in [0.5, 0.6) is 0 Å². The Hall–Kier alpha value is -4.11. The Labute approximate surface area is 171 Å². The highest BCUT2D eigenvalue weighted by atomic mass is 16.3. The van der Waals surface area contributed by atoms with Gasteiger partial charge in [-0.2, -0.15) is 0 Å². The lowest BCUT2D eigenvalue weighted by atomic mass is 10.1. The Balaban J connectivity index is 1.73. The van der Waals surface area contributed by atoms with E-state index >= 15 is 0 Å². The van der Waals surface area contributed by atoms with Gasteiger partial charge in [-0.15, -0.1) is 0 Å². The van der Waals surface area contributed by atoms with Crippen molar-refractivity contribution in [1.29, 1.82) is 0 Å². The molecular formula is C27H16N2O. The van der Waals surface area contributed by atoms with Crippen molar-refractivity contribution in [2.75, 3.05) is 0 Å². The molecule has 3 aromatic heterocycles. The molecule has 0 N–H and O–H groups in total. The Bertz CT molecular complexity index is 1740. The fourth-order valence-corrected chi connectivity index (χ4v) is 4.73. The molecular weight excluding hydrogens is 368 g/mol. The maximum absolute atomic E-state index is 6.26. The largest absolute Gasteiger partial charge is 0.454 e. The molecule has 0 unspecified atom stereocenters. The summed E-state index contributed by atoms with van der Waals surface area (Å²) >= 11 is 0. The van der Waals surface area contributed by atoms with Crippen LogP contribution in [0.3, 0.4) is 0 Å². The maximum atomic E-state index is 6.26. The molecule has 0 aliphatic carbocycles. The van der Waals surface area contributed by atoms with Crippen molar-refractivity contribution >= 4 is 54.6 Å². The normalized spacial score (nSPS) is 12.0. The van der Waals surface area contributed by atoms with Crippen molar-refractivity contribution in [2.24, 2.45) is 0 Å². The molecule has 0 bridgehead atoms. The number of nitrogens with zero attached hydrogens (tertiary/aromatic N) is 2. The van der Waals surface area contributed by atoms with Gasteiger partial charge in [0.25, 0.3) is 0 Å². The van der Waals surface area contributed by atoms with Gasteiger partial charge in [0.15, 0.2) is 5.58 Å². The molecule has 0 radical (unpaired) electrons. The van der Waals surface area contributed by atoms with Crippen LogP contribution >= 0.6 is 0 Å². The molecule has 0 amide bonds. The minimum absolute atomic E-state index is 0.848. The number of pyridine rings is 1. The summed E-state index contributed by atoms with van der Waals surface area (Å²) in [4.78, 5) is 4.88. The fourth-order valence-electron chi connectivity index (χ4n) is 4.73. The summed E-state index contributed by atoms with van der Waals surface area (Å²) in [6.07, 6.45) is 1.99. The summed E-state index contributed by atoms with van der Waals surface area (Å²) in [6, 6.07) is 31.6. The minimum Gasteiger partial charge on any atom is -0.454 e. The predicted molar refractivity (Wildman–Crippen MR) is 123 cm³/mol. The second kappa shape index (κ2) is 5.71. The molecule has 7 aromatic rings. The van der Waals surface area contributed by atoms with Crippen LogP contribution in [0.1, 0.15) is 0 Å². The molecule has 0 aliphatic heterocycles. The predicted octanol–water partition coefficient (Wildman–Crippen LogP) is 7.23. The van der Waals surface area contributed by atoms with E-state index in [9.17, 15) is 0 Å². The quantitative estimate of drug-likeness (QED) is 0.299. The standard InChI is InChI=1S/C27H16N2O/c1-2-8-17(9-3-1)29-23-12-6-4-10-18(23)22-16-28-25-21(26(22)29)15-14-20-19-11-5-7-13-24(19)30-27(20)25/h1-16H. The topological polar surface area (TPSA) is 31.0 Å². The summed E-state index contributed by atoms with van der Waals surface area (Å²) in [5.74, 6) is 0. The molecule has 0 spiro atoms. The van der Waals surface area contributed by atoms with Gasteiger partial charge in [-0.1, -0.05) is 54.6 Å². The number of furan rings is 1. The zero-order valence-corrected chi connectivity index (χ0v) is 16.0. The fraction of sp³-hybridized carbons (Fsp3) is 0. The van der Waals surface area contributed by atoms with Crippen molar-refractivity contribution in [3.63, 3.8) is 0 Å². The molecule has 30 heavy (non-hydrogen) atoms. The number of benzene rings is 4. The van der Waals surface area contributed by atoms with Crippen LogP contribution in [-0.4, -0.2) is 9.55 Å². The lowest BCUT2D eigenvalue weighted by Crippen LogP contribution is -1.94. The van der Waals surface area contributed by atoms with Crippen LogP contribution in [0.15, 0.2) is 102 Å². The first-order valence-corrected chi connectivity index (χ1v) is 10.1. The van der Waals surface area contributed by atoms with E-state index in [0.717, 1.165) is 49.4 Å². The zero-order chi connectivity index (χ0) is 19.7. The van der Waals surface area contributed by atoms with Gasteiger partial charge in [-0.25, -0.2) is 0 Å². The minimum atomic E-state index is 0.848. The smallest absolute Gasteiger partial charge is 0.161 e. The third-order valence-electron chi connectivity index (χ3n) is 6.03. The van der Waals surface area contributed by atoms with Crippen LogP contribution in [0.25, 0.3) is 60.3 Å². The average molecular weight is 384 g/mol. The molecule has 0 saturated carbocycles. The van der Waals surface area contributed by atoms with E-state index in [1.807, 2.05) is 24.4 Å². The lowest BCUT2D eigenvalue weighted by molar-refractivity contribution is 0.671. The molecule has 7 rings (SSSR count). The van der Waals surface area contributed by atoms with Crippen molar-refractivity contribution in [2.45, 2.75) is 0 Å². The Morgan fingerprint density at radius 3 is 2.23 bits per heavy atom. The van der Waals surface area contributed by atoms with Crippen LogP contribution in [-0.2, 0) is 0 Å². The molecule has 0 saturated heterocycles. The third-order valence-corrected chi connectivity index (χ3v) is 6.03. The second-order valence-corrected chi connectivity index (χ2v) is 7.65. The highest BCUT2D eigenvalue weighted by Crippen LogP contribution is 2.39. The summed E-state index contributed by atoms with van der Waals surface area (Å²) in [6.45, 7) is 0. The molecule has 3 heterocycles. The van der Waals surface area contributed by atoms with Crippen molar-refractivity contribution in [1.82, 2.24) is 9.55 Å². The Morgan fingerprint density at radius 1 is 0.600 bits per heavy atom. The van der Waals surface area contributed by atoms with Crippen LogP contribution in [0, 0.1) is 0 Å². The monoisotopic (exact) mass is 384 g/mol. The zero-order valence-electron chi connectivity index (χ0n) is 16.0. The van der Waals surface area contributed by atoms with Gasteiger partial charge in [-0.05, 0) is 36.4 Å². The van der Waals surface area contributed by atoms with Crippen LogP contribution < -0.4 is 0 Å². The number of rotatable bonds is 1. The molecule has 140 valence electrons. The van der Waals surface area contributed by atoms with Gasteiger partial charge in [-0.3, -0.25) is 4.98 Å². The van der Waals surface area contributed by atoms with E-state index in [2.05, 4.69) is 77.4 Å². The van der Waals surface area contributed by atoms with Crippen molar-refractivity contribution in [3.8, 4) is 5.69 Å². The highest BCUT2D eigenvalue weighted by molar-refractivity contribution is 6.22. The van der Waals surface area contributed by atoms with Gasteiger partial charge >= 0.3 is 0 Å². The van der Waals surface area contributed by atoms with E-state index in [-0.39, 0.29) is 0 Å². The highest BCUT2D eigenvalue weighted by Gasteiger charge is 2.18.